The predicted octanol–water partition coefficient (Wildman–Crippen LogP) is 3.72. The molecule has 5 heteroatoms. The zero-order valence-electron chi connectivity index (χ0n) is 16.4. The summed E-state index contributed by atoms with van der Waals surface area (Å²) in [5.41, 5.74) is 4.00. The van der Waals surface area contributed by atoms with Gasteiger partial charge in [0.2, 0.25) is 11.8 Å². The Morgan fingerprint density at radius 3 is 2.41 bits per heavy atom. The summed E-state index contributed by atoms with van der Waals surface area (Å²) in [6.45, 7) is 2.07. The first-order valence-electron chi connectivity index (χ1n) is 10.1. The second-order valence-electron chi connectivity index (χ2n) is 7.68. The molecular formula is C24H24N2O3. The second kappa shape index (κ2) is 8.03. The van der Waals surface area contributed by atoms with Crippen LogP contribution in [0.3, 0.4) is 0 Å². The van der Waals surface area contributed by atoms with Gasteiger partial charge in [-0.15, -0.1) is 0 Å². The number of nitrogens with one attached hydrogen (secondary N) is 2. The van der Waals surface area contributed by atoms with Crippen LogP contribution in [0.1, 0.15) is 43.2 Å². The number of benzene rings is 2. The number of anilines is 1. The molecule has 2 aromatic rings. The third-order valence-electron chi connectivity index (χ3n) is 5.75. The van der Waals surface area contributed by atoms with Crippen molar-refractivity contribution < 1.29 is 14.4 Å². The van der Waals surface area contributed by atoms with Crippen LogP contribution < -0.4 is 10.6 Å². The number of aryl methyl sites for hydroxylation is 1. The van der Waals surface area contributed by atoms with Gasteiger partial charge in [0.1, 0.15) is 0 Å². The second-order valence-corrected chi connectivity index (χ2v) is 7.68. The molecule has 0 spiro atoms. The van der Waals surface area contributed by atoms with Gasteiger partial charge in [-0.3, -0.25) is 14.4 Å². The molecule has 2 amide bonds. The lowest BCUT2D eigenvalue weighted by Crippen LogP contribution is -2.43. The van der Waals surface area contributed by atoms with E-state index in [2.05, 4.69) is 17.6 Å². The monoisotopic (exact) mass is 388 g/mol. The first-order valence-corrected chi connectivity index (χ1v) is 10.1. The molecule has 2 aliphatic rings. The van der Waals surface area contributed by atoms with Gasteiger partial charge in [-0.2, -0.15) is 0 Å². The molecular weight excluding hydrogens is 364 g/mol. The highest BCUT2D eigenvalue weighted by atomic mass is 16.2. The van der Waals surface area contributed by atoms with Gasteiger partial charge < -0.3 is 10.6 Å². The molecule has 1 heterocycles. The molecule has 0 unspecified atom stereocenters. The van der Waals surface area contributed by atoms with E-state index >= 15 is 0 Å². The van der Waals surface area contributed by atoms with Crippen LogP contribution in [0.2, 0.25) is 0 Å². The molecule has 2 aromatic carbocycles. The Balaban J connectivity index is 1.58. The van der Waals surface area contributed by atoms with Gasteiger partial charge in [-0.05, 0) is 42.0 Å². The molecule has 5 nitrogen and oxygen atoms in total. The number of rotatable bonds is 4. The molecule has 29 heavy (non-hydrogen) atoms. The third kappa shape index (κ3) is 3.99. The molecule has 148 valence electrons. The first kappa shape index (κ1) is 19.1. The summed E-state index contributed by atoms with van der Waals surface area (Å²) in [6.07, 6.45) is 1.84. The number of hydrogen-bond acceptors (Lipinski definition) is 3. The van der Waals surface area contributed by atoms with Crippen molar-refractivity contribution in [2.75, 3.05) is 5.32 Å². The Bertz CT molecular complexity index is 977. The average molecular weight is 388 g/mol. The van der Waals surface area contributed by atoms with E-state index in [0.717, 1.165) is 12.0 Å². The number of amides is 2. The van der Waals surface area contributed by atoms with Gasteiger partial charge in [0.15, 0.2) is 5.78 Å². The van der Waals surface area contributed by atoms with E-state index in [1.165, 1.54) is 5.56 Å². The Morgan fingerprint density at radius 2 is 1.72 bits per heavy atom. The van der Waals surface area contributed by atoms with Crippen LogP contribution in [0.15, 0.2) is 65.9 Å². The van der Waals surface area contributed by atoms with Crippen molar-refractivity contribution >= 4 is 23.3 Å². The standard InChI is InChI=1S/C24H24N2O3/c1-2-15-8-10-18(11-9-15)25-24(29)19-14-22(28)26-20-12-17(13-21(27)23(19)20)16-6-4-3-5-7-16/h3-11,17,19H,2,12-14H2,1H3,(H,25,29)(H,26,28)/t17-,19-/m1/s1. The van der Waals surface area contributed by atoms with Crippen LogP contribution in [0.25, 0.3) is 0 Å². The average Bonchev–Trinajstić information content (AvgIpc) is 2.74. The summed E-state index contributed by atoms with van der Waals surface area (Å²) in [5, 5.41) is 5.73. The normalized spacial score (nSPS) is 21.4. The van der Waals surface area contributed by atoms with Crippen LogP contribution in [0.5, 0.6) is 0 Å². The minimum absolute atomic E-state index is 0.000542. The molecule has 2 atom stereocenters. The van der Waals surface area contributed by atoms with Gasteiger partial charge >= 0.3 is 0 Å². The topological polar surface area (TPSA) is 75.3 Å². The van der Waals surface area contributed by atoms with Crippen molar-refractivity contribution in [2.24, 2.45) is 5.92 Å². The lowest BCUT2D eigenvalue weighted by Gasteiger charge is -2.33. The largest absolute Gasteiger partial charge is 0.329 e. The number of carbonyl (C=O) groups excluding carboxylic acids is 3. The van der Waals surface area contributed by atoms with Crippen LogP contribution in [-0.2, 0) is 20.8 Å². The molecule has 0 fully saturated rings. The number of Topliss-reactive ketones (excluding diaryl/α,β-unsaturated/α-hetero) is 1. The minimum Gasteiger partial charge on any atom is -0.329 e. The molecule has 0 radical (unpaired) electrons. The highest BCUT2D eigenvalue weighted by Gasteiger charge is 2.40. The fourth-order valence-corrected chi connectivity index (χ4v) is 4.20. The summed E-state index contributed by atoms with van der Waals surface area (Å²) in [7, 11) is 0. The quantitative estimate of drug-likeness (QED) is 0.838. The van der Waals surface area contributed by atoms with Crippen molar-refractivity contribution in [1.29, 1.82) is 0 Å². The summed E-state index contributed by atoms with van der Waals surface area (Å²) in [6, 6.07) is 17.5. The molecule has 2 N–H and O–H groups in total. The SMILES string of the molecule is CCc1ccc(NC(=O)[C@@H]2CC(=O)NC3=C2C(=O)C[C@H](c2ccccc2)C3)cc1. The van der Waals surface area contributed by atoms with Crippen LogP contribution in [-0.4, -0.2) is 17.6 Å². The summed E-state index contributed by atoms with van der Waals surface area (Å²) in [5.74, 6) is -1.29. The maximum absolute atomic E-state index is 13.0. The van der Waals surface area contributed by atoms with Crippen molar-refractivity contribution in [3.8, 4) is 0 Å². The molecule has 0 saturated carbocycles. The number of ketones is 1. The Kier molecular flexibility index (Phi) is 5.30. The fourth-order valence-electron chi connectivity index (χ4n) is 4.20. The van der Waals surface area contributed by atoms with Crippen molar-refractivity contribution in [3.05, 3.63) is 77.0 Å². The summed E-state index contributed by atoms with van der Waals surface area (Å²) < 4.78 is 0. The molecule has 1 aliphatic carbocycles. The maximum Gasteiger partial charge on any atom is 0.232 e. The van der Waals surface area contributed by atoms with Gasteiger partial charge in [0.05, 0.1) is 5.92 Å². The minimum atomic E-state index is -0.742. The Morgan fingerprint density at radius 1 is 1.00 bits per heavy atom. The van der Waals surface area contributed by atoms with Gasteiger partial charge in [0.25, 0.3) is 0 Å². The highest BCUT2D eigenvalue weighted by molar-refractivity contribution is 6.09. The first-order chi connectivity index (χ1) is 14.0. The smallest absolute Gasteiger partial charge is 0.232 e. The zero-order valence-corrected chi connectivity index (χ0v) is 16.4. The summed E-state index contributed by atoms with van der Waals surface area (Å²) >= 11 is 0. The lowest BCUT2D eigenvalue weighted by atomic mass is 9.75. The highest BCUT2D eigenvalue weighted by Crippen LogP contribution is 2.39. The summed E-state index contributed by atoms with van der Waals surface area (Å²) in [4.78, 5) is 38.2. The zero-order chi connectivity index (χ0) is 20.4. The molecule has 0 aromatic heterocycles. The molecule has 0 bridgehead atoms. The Labute approximate surface area is 170 Å². The number of allylic oxidation sites excluding steroid dienone is 1. The number of hydrogen-bond donors (Lipinski definition) is 2. The van der Waals surface area contributed by atoms with Gasteiger partial charge in [-0.25, -0.2) is 0 Å². The van der Waals surface area contributed by atoms with Gasteiger partial charge in [0, 0.05) is 29.8 Å². The molecule has 1 aliphatic heterocycles. The van der Waals surface area contributed by atoms with Crippen LogP contribution in [0, 0.1) is 5.92 Å². The van der Waals surface area contributed by atoms with E-state index in [9.17, 15) is 14.4 Å². The van der Waals surface area contributed by atoms with Gasteiger partial charge in [-0.1, -0.05) is 49.4 Å². The van der Waals surface area contributed by atoms with Crippen LogP contribution in [0.4, 0.5) is 5.69 Å². The van der Waals surface area contributed by atoms with E-state index in [0.29, 0.717) is 29.8 Å². The van der Waals surface area contributed by atoms with E-state index in [1.807, 2.05) is 54.6 Å². The van der Waals surface area contributed by atoms with Crippen molar-refractivity contribution in [1.82, 2.24) is 5.32 Å². The predicted molar refractivity (Wildman–Crippen MR) is 111 cm³/mol. The lowest BCUT2D eigenvalue weighted by molar-refractivity contribution is -0.129. The van der Waals surface area contributed by atoms with Crippen molar-refractivity contribution in [3.63, 3.8) is 0 Å². The molecule has 0 saturated heterocycles. The molecule has 4 rings (SSSR count). The Hall–Kier alpha value is -3.21. The van der Waals surface area contributed by atoms with E-state index < -0.39 is 5.92 Å². The fraction of sp³-hybridized carbons (Fsp3) is 0.292. The number of carbonyl (C=O) groups is 3. The maximum atomic E-state index is 13.0. The van der Waals surface area contributed by atoms with E-state index in [1.54, 1.807) is 0 Å². The third-order valence-corrected chi connectivity index (χ3v) is 5.75. The van der Waals surface area contributed by atoms with Crippen LogP contribution >= 0.6 is 0 Å². The van der Waals surface area contributed by atoms with Crippen molar-refractivity contribution in [2.45, 2.75) is 38.5 Å². The van der Waals surface area contributed by atoms with E-state index in [-0.39, 0.29) is 29.9 Å². The van der Waals surface area contributed by atoms with E-state index in [4.69, 9.17) is 0 Å².